The fourth-order valence-corrected chi connectivity index (χ4v) is 1.03. The third kappa shape index (κ3) is 2.09. The van der Waals surface area contributed by atoms with Gasteiger partial charge in [-0.25, -0.2) is 9.97 Å². The van der Waals surface area contributed by atoms with E-state index < -0.39 is 0 Å². The average molecular weight is 176 g/mol. The molecule has 68 valence electrons. The van der Waals surface area contributed by atoms with E-state index in [1.165, 1.54) is 0 Å². The molecule has 4 nitrogen and oxygen atoms in total. The number of nitrogens with two attached hydrogens (primary N) is 1. The van der Waals surface area contributed by atoms with E-state index >= 15 is 0 Å². The van der Waals surface area contributed by atoms with Crippen molar-refractivity contribution in [2.24, 2.45) is 0 Å². The molecule has 1 aromatic rings. The van der Waals surface area contributed by atoms with Crippen LogP contribution in [0, 0.1) is 12.3 Å². The fourth-order valence-electron chi connectivity index (χ4n) is 1.03. The molecule has 0 saturated heterocycles. The largest absolute Gasteiger partial charge is 0.381 e. The van der Waals surface area contributed by atoms with Crippen LogP contribution in [0.2, 0.25) is 0 Å². The van der Waals surface area contributed by atoms with Crippen molar-refractivity contribution in [1.29, 1.82) is 0 Å². The lowest BCUT2D eigenvalue weighted by atomic mass is 10.4. The Bertz CT molecular complexity index is 316. The first-order valence-corrected chi connectivity index (χ1v) is 4.04. The van der Waals surface area contributed by atoms with Crippen LogP contribution >= 0.6 is 0 Å². The van der Waals surface area contributed by atoms with E-state index in [2.05, 4.69) is 15.9 Å². The van der Waals surface area contributed by atoms with Gasteiger partial charge >= 0.3 is 0 Å². The molecule has 0 radical (unpaired) electrons. The van der Waals surface area contributed by atoms with Crippen LogP contribution in [-0.2, 0) is 0 Å². The van der Waals surface area contributed by atoms with E-state index in [4.69, 9.17) is 12.2 Å². The Labute approximate surface area is 77.8 Å². The lowest BCUT2D eigenvalue weighted by molar-refractivity contribution is 0.889. The average Bonchev–Trinajstić information content (AvgIpc) is 2.16. The van der Waals surface area contributed by atoms with E-state index in [1.54, 1.807) is 12.4 Å². The number of aromatic nitrogens is 2. The number of hydrogen-bond acceptors (Lipinski definition) is 4. The molecule has 0 atom stereocenters. The number of nitrogen functional groups attached to an aromatic ring is 1. The predicted octanol–water partition coefficient (Wildman–Crippen LogP) is 0.518. The summed E-state index contributed by atoms with van der Waals surface area (Å²) in [4.78, 5) is 9.94. The maximum absolute atomic E-state index is 5.64. The highest BCUT2D eigenvalue weighted by molar-refractivity contribution is 5.57. The Kier molecular flexibility index (Phi) is 3.09. The summed E-state index contributed by atoms with van der Waals surface area (Å²) in [7, 11) is 0. The van der Waals surface area contributed by atoms with Crippen LogP contribution in [-0.4, -0.2) is 23.1 Å². The Morgan fingerprint density at radius 1 is 1.54 bits per heavy atom. The van der Waals surface area contributed by atoms with Crippen molar-refractivity contribution in [1.82, 2.24) is 9.97 Å². The summed E-state index contributed by atoms with van der Waals surface area (Å²) < 4.78 is 0. The third-order valence-corrected chi connectivity index (χ3v) is 1.67. The first kappa shape index (κ1) is 9.33. The minimum absolute atomic E-state index is 0.416. The Balaban J connectivity index is 2.92. The molecule has 0 saturated carbocycles. The minimum atomic E-state index is 0.416. The molecule has 0 amide bonds. The molecule has 0 unspecified atom stereocenters. The number of hydrogen-bond donors (Lipinski definition) is 1. The number of nitrogens with zero attached hydrogens (tertiary/aromatic N) is 3. The van der Waals surface area contributed by atoms with Crippen LogP contribution in [0.4, 0.5) is 11.6 Å². The molecule has 0 bridgehead atoms. The van der Waals surface area contributed by atoms with E-state index in [0.29, 0.717) is 18.2 Å². The van der Waals surface area contributed by atoms with Gasteiger partial charge in [-0.2, -0.15) is 0 Å². The first-order chi connectivity index (χ1) is 6.29. The van der Waals surface area contributed by atoms with Gasteiger partial charge in [-0.1, -0.05) is 5.92 Å². The van der Waals surface area contributed by atoms with Crippen LogP contribution in [0.3, 0.4) is 0 Å². The molecular formula is C9H12N4. The minimum Gasteiger partial charge on any atom is -0.381 e. The summed E-state index contributed by atoms with van der Waals surface area (Å²) in [6.07, 6.45) is 8.37. The Morgan fingerprint density at radius 3 is 2.77 bits per heavy atom. The maximum atomic E-state index is 5.64. The molecule has 0 aliphatic rings. The number of terminal acetylenes is 1. The van der Waals surface area contributed by atoms with Gasteiger partial charge in [0.1, 0.15) is 0 Å². The second-order valence-corrected chi connectivity index (χ2v) is 2.48. The molecule has 2 N–H and O–H groups in total. The molecule has 1 heterocycles. The maximum Gasteiger partial charge on any atom is 0.172 e. The number of anilines is 2. The summed E-state index contributed by atoms with van der Waals surface area (Å²) in [6.45, 7) is 3.26. The summed E-state index contributed by atoms with van der Waals surface area (Å²) in [5.74, 6) is 3.62. The molecule has 0 aromatic carbocycles. The summed E-state index contributed by atoms with van der Waals surface area (Å²) >= 11 is 0. The van der Waals surface area contributed by atoms with Gasteiger partial charge in [-0.15, -0.1) is 6.42 Å². The van der Waals surface area contributed by atoms with Crippen LogP contribution < -0.4 is 10.6 Å². The lowest BCUT2D eigenvalue weighted by Gasteiger charge is -2.19. The van der Waals surface area contributed by atoms with Crippen LogP contribution in [0.25, 0.3) is 0 Å². The molecule has 4 heteroatoms. The highest BCUT2D eigenvalue weighted by atomic mass is 15.2. The molecule has 0 fully saturated rings. The normalized spacial score (nSPS) is 9.23. The van der Waals surface area contributed by atoms with Crippen LogP contribution in [0.1, 0.15) is 6.92 Å². The quantitative estimate of drug-likeness (QED) is 0.682. The SMILES string of the molecule is C#CCN(CC)c1nccnc1N. The molecule has 0 aliphatic carbocycles. The molecule has 13 heavy (non-hydrogen) atoms. The van der Waals surface area contributed by atoms with E-state index in [9.17, 15) is 0 Å². The summed E-state index contributed by atoms with van der Waals surface area (Å²) in [5.41, 5.74) is 5.64. The van der Waals surface area contributed by atoms with E-state index in [-0.39, 0.29) is 0 Å². The van der Waals surface area contributed by atoms with Gasteiger partial charge in [0.25, 0.3) is 0 Å². The predicted molar refractivity (Wildman–Crippen MR) is 53.2 cm³/mol. The van der Waals surface area contributed by atoms with Crippen molar-refractivity contribution in [3.05, 3.63) is 12.4 Å². The molecule has 1 rings (SSSR count). The zero-order valence-corrected chi connectivity index (χ0v) is 7.57. The van der Waals surface area contributed by atoms with Crippen molar-refractivity contribution in [2.45, 2.75) is 6.92 Å². The van der Waals surface area contributed by atoms with Crippen molar-refractivity contribution in [2.75, 3.05) is 23.7 Å². The van der Waals surface area contributed by atoms with Gasteiger partial charge in [-0.05, 0) is 6.92 Å². The number of rotatable bonds is 3. The highest BCUT2D eigenvalue weighted by Gasteiger charge is 2.07. The van der Waals surface area contributed by atoms with Crippen molar-refractivity contribution in [3.63, 3.8) is 0 Å². The van der Waals surface area contributed by atoms with Crippen molar-refractivity contribution in [3.8, 4) is 12.3 Å². The van der Waals surface area contributed by atoms with Gasteiger partial charge in [0, 0.05) is 18.9 Å². The summed E-state index contributed by atoms with van der Waals surface area (Å²) in [5, 5.41) is 0. The van der Waals surface area contributed by atoms with Gasteiger partial charge in [-0.3, -0.25) is 0 Å². The fraction of sp³-hybridized carbons (Fsp3) is 0.333. The molecular weight excluding hydrogens is 164 g/mol. The highest BCUT2D eigenvalue weighted by Crippen LogP contribution is 2.15. The Hall–Kier alpha value is -1.76. The van der Waals surface area contributed by atoms with Crippen molar-refractivity contribution >= 4 is 11.6 Å². The molecule has 0 spiro atoms. The van der Waals surface area contributed by atoms with Crippen molar-refractivity contribution < 1.29 is 0 Å². The van der Waals surface area contributed by atoms with E-state index in [0.717, 1.165) is 6.54 Å². The van der Waals surface area contributed by atoms with Gasteiger partial charge < -0.3 is 10.6 Å². The molecule has 0 aliphatic heterocycles. The zero-order chi connectivity index (χ0) is 9.68. The van der Waals surface area contributed by atoms with Gasteiger partial charge in [0.05, 0.1) is 6.54 Å². The van der Waals surface area contributed by atoms with Crippen LogP contribution in [0.5, 0.6) is 0 Å². The second-order valence-electron chi connectivity index (χ2n) is 2.48. The third-order valence-electron chi connectivity index (χ3n) is 1.67. The standard InChI is InChI=1S/C9H12N4/c1-3-7-13(4-2)9-8(10)11-5-6-12-9/h1,5-6H,4,7H2,2H3,(H2,10,11). The summed E-state index contributed by atoms with van der Waals surface area (Å²) in [6, 6.07) is 0. The smallest absolute Gasteiger partial charge is 0.172 e. The monoisotopic (exact) mass is 176 g/mol. The Morgan fingerprint density at radius 2 is 2.23 bits per heavy atom. The first-order valence-electron chi connectivity index (χ1n) is 4.04. The van der Waals surface area contributed by atoms with E-state index in [1.807, 2.05) is 11.8 Å². The molecule has 1 aromatic heterocycles. The zero-order valence-electron chi connectivity index (χ0n) is 7.57. The van der Waals surface area contributed by atoms with Crippen LogP contribution in [0.15, 0.2) is 12.4 Å². The van der Waals surface area contributed by atoms with Gasteiger partial charge in [0.15, 0.2) is 11.6 Å². The second kappa shape index (κ2) is 4.31. The topological polar surface area (TPSA) is 55.0 Å². The lowest BCUT2D eigenvalue weighted by Crippen LogP contribution is -2.25. The van der Waals surface area contributed by atoms with Gasteiger partial charge in [0.2, 0.25) is 0 Å².